The molecule has 1 fully saturated rings. The molecule has 0 aromatic heterocycles. The molecule has 1 saturated carbocycles. The Morgan fingerprint density at radius 3 is 2.00 bits per heavy atom. The Bertz CT molecular complexity index is 383. The third-order valence-electron chi connectivity index (χ3n) is 3.66. The Morgan fingerprint density at radius 2 is 1.65 bits per heavy atom. The molecule has 1 aliphatic carbocycles. The number of carbonyl (C=O) groups is 1. The van der Waals surface area contributed by atoms with Crippen LogP contribution in [-0.2, 0) is 14.6 Å². The molecule has 0 radical (unpaired) electrons. The van der Waals surface area contributed by atoms with Crippen molar-refractivity contribution in [1.29, 1.82) is 0 Å². The third-order valence-corrected chi connectivity index (χ3v) is 6.46. The van der Waals surface area contributed by atoms with E-state index in [1.807, 2.05) is 0 Å². The number of carboxylic acids is 1. The molecule has 17 heavy (non-hydrogen) atoms. The third kappa shape index (κ3) is 3.00. The number of hydrogen-bond donors (Lipinski definition) is 1. The van der Waals surface area contributed by atoms with E-state index in [0.29, 0.717) is 12.8 Å². The molecule has 0 unspecified atom stereocenters. The molecule has 100 valence electrons. The second kappa shape index (κ2) is 4.59. The fourth-order valence-electron chi connectivity index (χ4n) is 2.23. The summed E-state index contributed by atoms with van der Waals surface area (Å²) in [5.74, 6) is -1.18. The fourth-order valence-corrected chi connectivity index (χ4v) is 3.80. The second-order valence-electron chi connectivity index (χ2n) is 6.02. The molecule has 4 nitrogen and oxygen atoms in total. The molecular weight excluding hydrogens is 240 g/mol. The van der Waals surface area contributed by atoms with Gasteiger partial charge in [-0.15, -0.1) is 0 Å². The van der Waals surface area contributed by atoms with Gasteiger partial charge in [-0.3, -0.25) is 4.79 Å². The van der Waals surface area contributed by atoms with Gasteiger partial charge in [0.05, 0.1) is 15.9 Å². The zero-order valence-corrected chi connectivity index (χ0v) is 11.6. The Morgan fingerprint density at radius 1 is 1.18 bits per heavy atom. The largest absolute Gasteiger partial charge is 0.481 e. The second-order valence-corrected chi connectivity index (χ2v) is 8.76. The quantitative estimate of drug-likeness (QED) is 0.846. The highest BCUT2D eigenvalue weighted by Gasteiger charge is 2.46. The van der Waals surface area contributed by atoms with Crippen LogP contribution in [0, 0.1) is 5.41 Å². The minimum atomic E-state index is -3.38. The van der Waals surface area contributed by atoms with Crippen molar-refractivity contribution in [1.82, 2.24) is 0 Å². The van der Waals surface area contributed by atoms with Crippen LogP contribution < -0.4 is 0 Å². The van der Waals surface area contributed by atoms with E-state index in [2.05, 4.69) is 0 Å². The Balaban J connectivity index is 3.00. The van der Waals surface area contributed by atoms with Gasteiger partial charge in [0, 0.05) is 0 Å². The van der Waals surface area contributed by atoms with Gasteiger partial charge in [-0.25, -0.2) is 8.42 Å². The highest BCUT2D eigenvalue weighted by atomic mass is 32.2. The van der Waals surface area contributed by atoms with Crippen molar-refractivity contribution in [2.24, 2.45) is 5.41 Å². The van der Waals surface area contributed by atoms with Gasteiger partial charge in [-0.05, 0) is 33.6 Å². The zero-order valence-electron chi connectivity index (χ0n) is 10.8. The first-order chi connectivity index (χ1) is 7.61. The lowest BCUT2D eigenvalue weighted by Gasteiger charge is -2.35. The molecule has 5 heteroatoms. The van der Waals surface area contributed by atoms with Gasteiger partial charge >= 0.3 is 5.97 Å². The van der Waals surface area contributed by atoms with Gasteiger partial charge in [-0.1, -0.05) is 19.3 Å². The van der Waals surface area contributed by atoms with Gasteiger partial charge in [-0.2, -0.15) is 0 Å². The molecule has 1 N–H and O–H groups in total. The highest BCUT2D eigenvalue weighted by molar-refractivity contribution is 7.92. The number of sulfone groups is 1. The van der Waals surface area contributed by atoms with Crippen LogP contribution in [0.3, 0.4) is 0 Å². The normalized spacial score (nSPS) is 21.1. The van der Waals surface area contributed by atoms with Crippen molar-refractivity contribution >= 4 is 15.8 Å². The first-order valence-electron chi connectivity index (χ1n) is 6.06. The van der Waals surface area contributed by atoms with Crippen LogP contribution in [0.2, 0.25) is 0 Å². The summed E-state index contributed by atoms with van der Waals surface area (Å²) >= 11 is 0. The van der Waals surface area contributed by atoms with Crippen molar-refractivity contribution in [2.75, 3.05) is 5.75 Å². The first-order valence-corrected chi connectivity index (χ1v) is 7.72. The minimum Gasteiger partial charge on any atom is -0.481 e. The van der Waals surface area contributed by atoms with Gasteiger partial charge in [0.2, 0.25) is 0 Å². The van der Waals surface area contributed by atoms with Crippen molar-refractivity contribution in [3.63, 3.8) is 0 Å². The molecule has 0 aromatic carbocycles. The summed E-state index contributed by atoms with van der Waals surface area (Å²) in [4.78, 5) is 11.4. The molecule has 0 aromatic rings. The Hall–Kier alpha value is -0.580. The SMILES string of the molecule is CC(C)(C)S(=O)(=O)CC1(C(=O)O)CCCCC1. The average Bonchev–Trinajstić information content (AvgIpc) is 2.16. The first kappa shape index (κ1) is 14.5. The van der Waals surface area contributed by atoms with Crippen LogP contribution in [-0.4, -0.2) is 30.0 Å². The number of hydrogen-bond acceptors (Lipinski definition) is 3. The smallest absolute Gasteiger partial charge is 0.310 e. The molecule has 0 heterocycles. The van der Waals surface area contributed by atoms with E-state index in [4.69, 9.17) is 0 Å². The summed E-state index contributed by atoms with van der Waals surface area (Å²) < 4.78 is 23.5. The van der Waals surface area contributed by atoms with Gasteiger partial charge in [0.15, 0.2) is 9.84 Å². The van der Waals surface area contributed by atoms with Gasteiger partial charge in [0.1, 0.15) is 0 Å². The van der Waals surface area contributed by atoms with Crippen LogP contribution in [0.25, 0.3) is 0 Å². The maximum atomic E-state index is 12.2. The average molecular weight is 262 g/mol. The summed E-state index contributed by atoms with van der Waals surface area (Å²) in [5.41, 5.74) is -1.05. The van der Waals surface area contributed by atoms with Gasteiger partial charge in [0.25, 0.3) is 0 Å². The van der Waals surface area contributed by atoms with Crippen LogP contribution in [0.1, 0.15) is 52.9 Å². The monoisotopic (exact) mass is 262 g/mol. The number of aliphatic carboxylic acids is 1. The molecular formula is C12H22O4S. The van der Waals surface area contributed by atoms with Crippen LogP contribution >= 0.6 is 0 Å². The Labute approximate surface area is 103 Å². The van der Waals surface area contributed by atoms with E-state index in [1.165, 1.54) is 0 Å². The molecule has 0 spiro atoms. The summed E-state index contributed by atoms with van der Waals surface area (Å²) in [5, 5.41) is 9.35. The van der Waals surface area contributed by atoms with E-state index >= 15 is 0 Å². The Kier molecular flexibility index (Phi) is 3.91. The lowest BCUT2D eigenvalue weighted by atomic mass is 9.76. The lowest BCUT2D eigenvalue weighted by molar-refractivity contribution is -0.149. The predicted octanol–water partition coefficient (Wildman–Crippen LogP) is 2.23. The summed E-state index contributed by atoms with van der Waals surface area (Å²) in [7, 11) is -3.38. The maximum absolute atomic E-state index is 12.2. The molecule has 0 bridgehead atoms. The molecule has 0 aliphatic heterocycles. The molecule has 1 rings (SSSR count). The lowest BCUT2D eigenvalue weighted by Crippen LogP contribution is -2.44. The van der Waals surface area contributed by atoms with Gasteiger partial charge < -0.3 is 5.11 Å². The van der Waals surface area contributed by atoms with Crippen LogP contribution in [0.15, 0.2) is 0 Å². The minimum absolute atomic E-state index is 0.223. The van der Waals surface area contributed by atoms with E-state index < -0.39 is 26.0 Å². The zero-order chi connectivity index (χ0) is 13.3. The predicted molar refractivity (Wildman–Crippen MR) is 66.7 cm³/mol. The van der Waals surface area contributed by atoms with E-state index in [9.17, 15) is 18.3 Å². The molecule has 0 amide bonds. The maximum Gasteiger partial charge on any atom is 0.310 e. The van der Waals surface area contributed by atoms with E-state index in [1.54, 1.807) is 20.8 Å². The van der Waals surface area contributed by atoms with E-state index in [-0.39, 0.29) is 5.75 Å². The fraction of sp³-hybridized carbons (Fsp3) is 0.917. The number of carboxylic acid groups (broad SMARTS) is 1. The molecule has 1 aliphatic rings. The van der Waals surface area contributed by atoms with E-state index in [0.717, 1.165) is 19.3 Å². The van der Waals surface area contributed by atoms with Crippen LogP contribution in [0.5, 0.6) is 0 Å². The van der Waals surface area contributed by atoms with Crippen LogP contribution in [0.4, 0.5) is 0 Å². The summed E-state index contributed by atoms with van der Waals surface area (Å²) in [6.45, 7) is 4.88. The van der Waals surface area contributed by atoms with Crippen molar-refractivity contribution in [3.8, 4) is 0 Å². The molecule has 0 saturated heterocycles. The summed E-state index contributed by atoms with van der Waals surface area (Å²) in [6.07, 6.45) is 3.60. The van der Waals surface area contributed by atoms with Crippen molar-refractivity contribution < 1.29 is 18.3 Å². The molecule has 0 atom stereocenters. The van der Waals surface area contributed by atoms with Crippen molar-refractivity contribution in [3.05, 3.63) is 0 Å². The highest BCUT2D eigenvalue weighted by Crippen LogP contribution is 2.39. The standard InChI is InChI=1S/C12H22O4S/c1-11(2,3)17(15,16)9-12(10(13)14)7-5-4-6-8-12/h4-9H2,1-3H3,(H,13,14). The van der Waals surface area contributed by atoms with Crippen molar-refractivity contribution in [2.45, 2.75) is 57.6 Å². The topological polar surface area (TPSA) is 71.4 Å². The number of rotatable bonds is 3. The summed E-state index contributed by atoms with van der Waals surface area (Å²) in [6, 6.07) is 0.